The van der Waals surface area contributed by atoms with Crippen LogP contribution in [0.4, 0.5) is 10.1 Å². The summed E-state index contributed by atoms with van der Waals surface area (Å²) in [5, 5.41) is 11.0. The van der Waals surface area contributed by atoms with Crippen molar-refractivity contribution in [2.24, 2.45) is 0 Å². The van der Waals surface area contributed by atoms with Crippen molar-refractivity contribution in [2.45, 2.75) is 18.3 Å². The highest BCUT2D eigenvalue weighted by Gasteiger charge is 2.38. The van der Waals surface area contributed by atoms with E-state index in [2.05, 4.69) is 16.0 Å². The zero-order valence-electron chi connectivity index (χ0n) is 20.6. The van der Waals surface area contributed by atoms with E-state index in [0.29, 0.717) is 44.6 Å². The Hall–Kier alpha value is -3.55. The summed E-state index contributed by atoms with van der Waals surface area (Å²) in [5.41, 5.74) is 2.10. The number of hydrogen-bond acceptors (Lipinski definition) is 6. The molecule has 2 aliphatic heterocycles. The van der Waals surface area contributed by atoms with Gasteiger partial charge in [0, 0.05) is 50.9 Å². The van der Waals surface area contributed by atoms with Gasteiger partial charge < -0.3 is 9.80 Å². The number of nitrogens with zero attached hydrogens (tertiary/aromatic N) is 5. The van der Waals surface area contributed by atoms with Crippen LogP contribution in [0.1, 0.15) is 28.8 Å². The molecule has 5 rings (SSSR count). The van der Waals surface area contributed by atoms with Crippen LogP contribution in [-0.2, 0) is 15.4 Å². The Morgan fingerprint density at radius 1 is 1.00 bits per heavy atom. The van der Waals surface area contributed by atoms with Crippen molar-refractivity contribution >= 4 is 32.5 Å². The number of carbonyl (C=O) groups excluding carboxylic acids is 1. The molecule has 0 N–H and O–H groups in total. The predicted octanol–water partition coefficient (Wildman–Crippen LogP) is 3.15. The summed E-state index contributed by atoms with van der Waals surface area (Å²) in [6, 6.07) is 16.3. The van der Waals surface area contributed by atoms with Crippen LogP contribution >= 0.6 is 0 Å². The van der Waals surface area contributed by atoms with E-state index in [1.54, 1.807) is 23.2 Å². The Bertz CT molecular complexity index is 1470. The lowest BCUT2D eigenvalue weighted by atomic mass is 9.74. The van der Waals surface area contributed by atoms with Gasteiger partial charge in [-0.05, 0) is 36.6 Å². The third kappa shape index (κ3) is 4.77. The number of para-hydroxylation sites is 1. The van der Waals surface area contributed by atoms with Gasteiger partial charge >= 0.3 is 0 Å². The molecule has 10 heteroatoms. The molecule has 2 fully saturated rings. The Labute approximate surface area is 216 Å². The SMILES string of the molecule is CS(=O)(=O)N1CCN(C(=O)c2cnc3ccccc3c2N2CCC(C#N)(c3ccc(F)cc3)CC2)CC1. The number of hydrogen-bond donors (Lipinski definition) is 0. The summed E-state index contributed by atoms with van der Waals surface area (Å²) in [6.45, 7) is 2.21. The molecule has 0 atom stereocenters. The Morgan fingerprint density at radius 3 is 2.27 bits per heavy atom. The van der Waals surface area contributed by atoms with E-state index >= 15 is 0 Å². The minimum absolute atomic E-state index is 0.183. The van der Waals surface area contributed by atoms with Gasteiger partial charge in [0.15, 0.2) is 0 Å². The molecule has 0 aliphatic carbocycles. The summed E-state index contributed by atoms with van der Waals surface area (Å²) in [5.74, 6) is -0.518. The van der Waals surface area contributed by atoms with E-state index in [4.69, 9.17) is 0 Å². The van der Waals surface area contributed by atoms with E-state index in [1.807, 2.05) is 24.3 Å². The lowest BCUT2D eigenvalue weighted by Gasteiger charge is -2.40. The molecule has 0 unspecified atom stereocenters. The first-order valence-electron chi connectivity index (χ1n) is 12.3. The maximum absolute atomic E-state index is 13.7. The van der Waals surface area contributed by atoms with Crippen molar-refractivity contribution in [3.05, 3.63) is 71.7 Å². The van der Waals surface area contributed by atoms with E-state index in [-0.39, 0.29) is 24.8 Å². The number of piperazine rings is 1. The van der Waals surface area contributed by atoms with Crippen molar-refractivity contribution in [3.63, 3.8) is 0 Å². The van der Waals surface area contributed by atoms with Crippen molar-refractivity contribution in [1.82, 2.24) is 14.2 Å². The van der Waals surface area contributed by atoms with E-state index in [9.17, 15) is 22.9 Å². The van der Waals surface area contributed by atoms with Crippen LogP contribution < -0.4 is 4.90 Å². The summed E-state index contributed by atoms with van der Waals surface area (Å²) in [4.78, 5) is 22.1. The summed E-state index contributed by atoms with van der Waals surface area (Å²) >= 11 is 0. The number of sulfonamides is 1. The van der Waals surface area contributed by atoms with Gasteiger partial charge in [-0.15, -0.1) is 0 Å². The van der Waals surface area contributed by atoms with Crippen LogP contribution in [0, 0.1) is 17.1 Å². The first kappa shape index (κ1) is 25.1. The number of fused-ring (bicyclic) bond motifs is 1. The van der Waals surface area contributed by atoms with Gasteiger partial charge in [0.25, 0.3) is 5.91 Å². The zero-order chi connectivity index (χ0) is 26.2. The number of amides is 1. The standard InChI is InChI=1S/C27H28FN5O3S/c1-37(35,36)33-16-14-32(15-17-33)26(34)23-18-30-24-5-3-2-4-22(24)25(23)31-12-10-27(19-29,11-13-31)20-6-8-21(28)9-7-20/h2-9,18H,10-17H2,1H3. The second-order valence-corrected chi connectivity index (χ2v) is 11.7. The Morgan fingerprint density at radius 2 is 1.65 bits per heavy atom. The number of nitriles is 1. The molecule has 3 aromatic rings. The van der Waals surface area contributed by atoms with Crippen molar-refractivity contribution < 1.29 is 17.6 Å². The number of carbonyl (C=O) groups is 1. The van der Waals surface area contributed by atoms with Crippen LogP contribution in [0.3, 0.4) is 0 Å². The smallest absolute Gasteiger partial charge is 0.257 e. The second kappa shape index (κ2) is 9.72. The molecule has 1 aromatic heterocycles. The number of piperidine rings is 1. The number of halogens is 1. The molecule has 2 saturated heterocycles. The number of rotatable bonds is 4. The van der Waals surface area contributed by atoms with Gasteiger partial charge in [-0.1, -0.05) is 30.3 Å². The molecular weight excluding hydrogens is 493 g/mol. The molecule has 192 valence electrons. The van der Waals surface area contributed by atoms with E-state index < -0.39 is 15.4 Å². The molecule has 8 nitrogen and oxygen atoms in total. The maximum atomic E-state index is 13.7. The molecule has 2 aromatic carbocycles. The molecule has 3 heterocycles. The van der Waals surface area contributed by atoms with E-state index in [0.717, 1.165) is 22.2 Å². The molecule has 0 spiro atoms. The van der Waals surface area contributed by atoms with Crippen LogP contribution in [0.15, 0.2) is 54.7 Å². The first-order valence-corrected chi connectivity index (χ1v) is 14.1. The van der Waals surface area contributed by atoms with Gasteiger partial charge in [-0.3, -0.25) is 9.78 Å². The number of pyridine rings is 1. The normalized spacial score (nSPS) is 18.5. The molecule has 37 heavy (non-hydrogen) atoms. The van der Waals surface area contributed by atoms with Gasteiger partial charge in [-0.25, -0.2) is 12.8 Å². The molecule has 0 saturated carbocycles. The lowest BCUT2D eigenvalue weighted by molar-refractivity contribution is 0.0698. The summed E-state index contributed by atoms with van der Waals surface area (Å²) in [6.07, 6.45) is 3.85. The Balaban J connectivity index is 1.45. The Kier molecular flexibility index (Phi) is 6.60. The third-order valence-electron chi connectivity index (χ3n) is 7.52. The van der Waals surface area contributed by atoms with Crippen molar-refractivity contribution in [2.75, 3.05) is 50.4 Å². The topological polar surface area (TPSA) is 97.6 Å². The number of aromatic nitrogens is 1. The van der Waals surface area contributed by atoms with Crippen LogP contribution in [0.25, 0.3) is 10.9 Å². The largest absolute Gasteiger partial charge is 0.370 e. The van der Waals surface area contributed by atoms with Crippen LogP contribution in [0.5, 0.6) is 0 Å². The monoisotopic (exact) mass is 521 g/mol. The molecule has 0 bridgehead atoms. The highest BCUT2D eigenvalue weighted by molar-refractivity contribution is 7.88. The van der Waals surface area contributed by atoms with Gasteiger partial charge in [0.1, 0.15) is 5.82 Å². The minimum atomic E-state index is -3.31. The van der Waals surface area contributed by atoms with Gasteiger partial charge in [0.05, 0.1) is 34.5 Å². The number of anilines is 1. The molecule has 2 aliphatic rings. The van der Waals surface area contributed by atoms with Gasteiger partial charge in [-0.2, -0.15) is 9.57 Å². The molecule has 0 radical (unpaired) electrons. The second-order valence-electron chi connectivity index (χ2n) is 9.68. The fourth-order valence-corrected chi connectivity index (χ4v) is 6.19. The van der Waals surface area contributed by atoms with Crippen LogP contribution in [0.2, 0.25) is 0 Å². The summed E-state index contributed by atoms with van der Waals surface area (Å²) in [7, 11) is -3.31. The van der Waals surface area contributed by atoms with Crippen molar-refractivity contribution in [3.8, 4) is 6.07 Å². The molecular formula is C27H28FN5O3S. The lowest BCUT2D eigenvalue weighted by Crippen LogP contribution is -2.50. The first-order chi connectivity index (χ1) is 17.7. The highest BCUT2D eigenvalue weighted by atomic mass is 32.2. The average molecular weight is 522 g/mol. The quantitative estimate of drug-likeness (QED) is 0.523. The van der Waals surface area contributed by atoms with Crippen molar-refractivity contribution in [1.29, 1.82) is 5.26 Å². The van der Waals surface area contributed by atoms with E-state index in [1.165, 1.54) is 22.7 Å². The third-order valence-corrected chi connectivity index (χ3v) is 8.82. The number of benzene rings is 2. The summed E-state index contributed by atoms with van der Waals surface area (Å²) < 4.78 is 38.7. The van der Waals surface area contributed by atoms with Gasteiger partial charge in [0.2, 0.25) is 10.0 Å². The maximum Gasteiger partial charge on any atom is 0.257 e. The minimum Gasteiger partial charge on any atom is -0.370 e. The highest BCUT2D eigenvalue weighted by Crippen LogP contribution is 2.39. The predicted molar refractivity (Wildman–Crippen MR) is 139 cm³/mol. The fraction of sp³-hybridized carbons (Fsp3) is 0.370. The average Bonchev–Trinajstić information content (AvgIpc) is 2.92. The van der Waals surface area contributed by atoms with Crippen LogP contribution in [-0.4, -0.2) is 74.0 Å². The molecule has 1 amide bonds. The zero-order valence-corrected chi connectivity index (χ0v) is 21.4. The fourth-order valence-electron chi connectivity index (χ4n) is 5.36.